The molecule has 6 nitrogen and oxygen atoms in total. The Balaban J connectivity index is 1.46. The lowest BCUT2D eigenvalue weighted by Gasteiger charge is -2.41. The van der Waals surface area contributed by atoms with Crippen molar-refractivity contribution in [3.8, 4) is 11.6 Å². The van der Waals surface area contributed by atoms with Crippen LogP contribution in [-0.2, 0) is 6.54 Å². The fraction of sp³-hybridized carbons (Fsp3) is 0.571. The number of hydrogen-bond donors (Lipinski definition) is 2. The number of para-hydroxylation sites is 1. The summed E-state index contributed by atoms with van der Waals surface area (Å²) in [5.41, 5.74) is 8.84. The summed E-state index contributed by atoms with van der Waals surface area (Å²) in [4.78, 5) is 11.6. The van der Waals surface area contributed by atoms with Crippen molar-refractivity contribution in [2.24, 2.45) is 22.1 Å². The third-order valence-corrected chi connectivity index (χ3v) is 6.88. The average Bonchev–Trinajstić information content (AvgIpc) is 2.82. The molecule has 3 N–H and O–H groups in total. The molecule has 0 bridgehead atoms. The molecule has 2 aliphatic rings. The van der Waals surface area contributed by atoms with Gasteiger partial charge in [-0.3, -0.25) is 0 Å². The van der Waals surface area contributed by atoms with E-state index in [4.69, 9.17) is 15.5 Å². The summed E-state index contributed by atoms with van der Waals surface area (Å²) in [6.07, 6.45) is 10.6. The number of nitrogens with two attached hydrogens (primary N) is 1. The number of guanidine groups is 1. The maximum Gasteiger partial charge on any atom is 0.219 e. The van der Waals surface area contributed by atoms with Crippen molar-refractivity contribution in [3.63, 3.8) is 0 Å². The highest BCUT2D eigenvalue weighted by Crippen LogP contribution is 2.36. The zero-order valence-corrected chi connectivity index (χ0v) is 21.1. The van der Waals surface area contributed by atoms with Crippen LogP contribution in [0.2, 0.25) is 0 Å². The minimum atomic E-state index is 0.310. The van der Waals surface area contributed by atoms with Crippen molar-refractivity contribution in [2.45, 2.75) is 78.3 Å². The van der Waals surface area contributed by atoms with Gasteiger partial charge in [-0.15, -0.1) is 0 Å². The molecule has 1 fully saturated rings. The number of nitrogens with one attached hydrogen (secondary N) is 1. The summed E-state index contributed by atoms with van der Waals surface area (Å²) in [6.45, 7) is 9.67. The van der Waals surface area contributed by atoms with Crippen LogP contribution in [0.3, 0.4) is 0 Å². The number of nitrogens with zero attached hydrogens (tertiary/aromatic N) is 3. The topological polar surface area (TPSA) is 75.8 Å². The van der Waals surface area contributed by atoms with Crippen LogP contribution in [0.25, 0.3) is 0 Å². The number of aliphatic imine (C=N–C) groups is 1. The summed E-state index contributed by atoms with van der Waals surface area (Å²) >= 11 is 0. The molecule has 1 saturated carbocycles. The van der Waals surface area contributed by atoms with Crippen LogP contribution in [0.4, 0.5) is 5.69 Å². The first kappa shape index (κ1) is 24.5. The normalized spacial score (nSPS) is 17.7. The van der Waals surface area contributed by atoms with Gasteiger partial charge in [-0.1, -0.05) is 58.2 Å². The van der Waals surface area contributed by atoms with Crippen LogP contribution in [-0.4, -0.2) is 35.0 Å². The first-order valence-corrected chi connectivity index (χ1v) is 12.9. The molecular weight excluding hydrogens is 422 g/mol. The van der Waals surface area contributed by atoms with Crippen molar-refractivity contribution in [1.29, 1.82) is 0 Å². The number of hydrogen-bond acceptors (Lipinski definition) is 6. The maximum atomic E-state index is 6.55. The monoisotopic (exact) mass is 463 g/mol. The summed E-state index contributed by atoms with van der Waals surface area (Å²) in [5, 5.41) is 3.64. The zero-order valence-electron chi connectivity index (χ0n) is 21.1. The largest absolute Gasteiger partial charge is 0.439 e. The molecule has 2 heterocycles. The lowest BCUT2D eigenvalue weighted by molar-refractivity contribution is 0.162. The number of pyridine rings is 1. The Bertz CT molecular complexity index is 947. The summed E-state index contributed by atoms with van der Waals surface area (Å²) in [5.74, 6) is 2.69. The molecule has 0 amide bonds. The predicted octanol–water partition coefficient (Wildman–Crippen LogP) is 6.00. The molecule has 0 saturated heterocycles. The highest BCUT2D eigenvalue weighted by molar-refractivity contribution is 5.83. The van der Waals surface area contributed by atoms with Gasteiger partial charge >= 0.3 is 0 Å². The first-order valence-electron chi connectivity index (χ1n) is 12.9. The lowest BCUT2D eigenvalue weighted by Crippen LogP contribution is -2.49. The molecule has 34 heavy (non-hydrogen) atoms. The highest BCUT2D eigenvalue weighted by atomic mass is 16.5. The van der Waals surface area contributed by atoms with E-state index in [9.17, 15) is 0 Å². The van der Waals surface area contributed by atoms with E-state index < -0.39 is 0 Å². The Labute approximate surface area is 205 Å². The number of aromatic nitrogens is 1. The molecule has 1 aromatic heterocycles. The Kier molecular flexibility index (Phi) is 8.09. The number of fused-ring (bicyclic) bond motifs is 1. The fourth-order valence-corrected chi connectivity index (χ4v) is 5.16. The average molecular weight is 464 g/mol. The molecule has 184 valence electrons. The SMILES string of the molecule is CC(C)(C)CNCCC[C@@H](C1CCCCC1)N1Cc2cc(Oc3ccccc3)ncc2N=C1N. The van der Waals surface area contributed by atoms with Gasteiger partial charge in [0.1, 0.15) is 5.75 Å². The van der Waals surface area contributed by atoms with Gasteiger partial charge in [-0.2, -0.15) is 0 Å². The highest BCUT2D eigenvalue weighted by Gasteiger charge is 2.32. The second-order valence-electron chi connectivity index (χ2n) is 11.0. The quantitative estimate of drug-likeness (QED) is 0.446. The Morgan fingerprint density at radius 1 is 1.15 bits per heavy atom. The Hall–Kier alpha value is -2.60. The summed E-state index contributed by atoms with van der Waals surface area (Å²) in [6, 6.07) is 12.2. The lowest BCUT2D eigenvalue weighted by atomic mass is 9.81. The number of ether oxygens (including phenoxy) is 1. The van der Waals surface area contributed by atoms with Crippen LogP contribution in [0.15, 0.2) is 47.6 Å². The molecule has 0 spiro atoms. The molecule has 1 aromatic carbocycles. The van der Waals surface area contributed by atoms with E-state index in [1.54, 1.807) is 6.20 Å². The van der Waals surface area contributed by atoms with Gasteiger partial charge in [-0.05, 0) is 62.2 Å². The van der Waals surface area contributed by atoms with Crippen molar-refractivity contribution < 1.29 is 4.74 Å². The minimum absolute atomic E-state index is 0.310. The van der Waals surface area contributed by atoms with Crippen LogP contribution in [0, 0.1) is 11.3 Å². The maximum absolute atomic E-state index is 6.55. The van der Waals surface area contributed by atoms with Crippen LogP contribution in [0.1, 0.15) is 71.3 Å². The number of rotatable bonds is 9. The molecule has 0 radical (unpaired) electrons. The van der Waals surface area contributed by atoms with Crippen molar-refractivity contribution in [3.05, 3.63) is 48.2 Å². The van der Waals surface area contributed by atoms with Gasteiger partial charge in [0.15, 0.2) is 5.96 Å². The van der Waals surface area contributed by atoms with E-state index in [0.717, 1.165) is 49.5 Å². The van der Waals surface area contributed by atoms with Crippen LogP contribution in [0.5, 0.6) is 11.6 Å². The number of benzene rings is 1. The van der Waals surface area contributed by atoms with Crippen molar-refractivity contribution in [1.82, 2.24) is 15.2 Å². The van der Waals surface area contributed by atoms with E-state index in [1.165, 1.54) is 32.1 Å². The molecule has 6 heteroatoms. The summed E-state index contributed by atoms with van der Waals surface area (Å²) in [7, 11) is 0. The van der Waals surface area contributed by atoms with Gasteiger partial charge in [0.05, 0.1) is 11.9 Å². The standard InChI is InChI=1S/C28H41N5O/c1-28(2,3)20-30-16-10-15-25(21-11-6-4-7-12-21)33-19-22-17-26(31-18-24(22)32-27(33)29)34-23-13-8-5-9-14-23/h5,8-9,13-14,17-18,21,25,30H,4,6-7,10-12,15-16,19-20H2,1-3H3,(H2,29,32)/t25-/m0/s1. The van der Waals surface area contributed by atoms with E-state index >= 15 is 0 Å². The molecule has 1 aliphatic carbocycles. The predicted molar refractivity (Wildman–Crippen MR) is 140 cm³/mol. The second-order valence-corrected chi connectivity index (χ2v) is 11.0. The van der Waals surface area contributed by atoms with Crippen LogP contribution >= 0.6 is 0 Å². The molecule has 2 aromatic rings. The minimum Gasteiger partial charge on any atom is -0.439 e. The zero-order chi connectivity index (χ0) is 24.0. The Morgan fingerprint density at radius 3 is 2.65 bits per heavy atom. The molecule has 0 unspecified atom stereocenters. The van der Waals surface area contributed by atoms with Crippen molar-refractivity contribution >= 4 is 11.6 Å². The van der Waals surface area contributed by atoms with Gasteiger partial charge in [0.2, 0.25) is 5.88 Å². The Morgan fingerprint density at radius 2 is 1.91 bits per heavy atom. The van der Waals surface area contributed by atoms with E-state index in [-0.39, 0.29) is 0 Å². The third kappa shape index (κ3) is 6.72. The van der Waals surface area contributed by atoms with E-state index in [0.29, 0.717) is 29.2 Å². The third-order valence-electron chi connectivity index (χ3n) is 6.88. The van der Waals surface area contributed by atoms with Gasteiger partial charge in [0.25, 0.3) is 0 Å². The first-order chi connectivity index (χ1) is 16.4. The van der Waals surface area contributed by atoms with E-state index in [1.807, 2.05) is 36.4 Å². The fourth-order valence-electron chi connectivity index (χ4n) is 5.16. The molecule has 1 aliphatic heterocycles. The van der Waals surface area contributed by atoms with Crippen molar-refractivity contribution in [2.75, 3.05) is 13.1 Å². The second kappa shape index (κ2) is 11.2. The molecule has 1 atom stereocenters. The summed E-state index contributed by atoms with van der Waals surface area (Å²) < 4.78 is 5.98. The van der Waals surface area contributed by atoms with Gasteiger partial charge in [0, 0.05) is 24.2 Å². The smallest absolute Gasteiger partial charge is 0.219 e. The molecule has 4 rings (SSSR count). The van der Waals surface area contributed by atoms with Gasteiger partial charge in [-0.25, -0.2) is 9.98 Å². The van der Waals surface area contributed by atoms with Crippen LogP contribution < -0.4 is 15.8 Å². The molecular formula is C28H41N5O. The van der Waals surface area contributed by atoms with Gasteiger partial charge < -0.3 is 20.7 Å². The van der Waals surface area contributed by atoms with E-state index in [2.05, 4.69) is 36.0 Å².